The van der Waals surface area contributed by atoms with E-state index in [0.29, 0.717) is 37.6 Å². The van der Waals surface area contributed by atoms with Crippen LogP contribution in [0, 0.1) is 17.8 Å². The van der Waals surface area contributed by atoms with Gasteiger partial charge < -0.3 is 20.0 Å². The van der Waals surface area contributed by atoms with Crippen LogP contribution in [0.15, 0.2) is 0 Å². The zero-order valence-electron chi connectivity index (χ0n) is 31.4. The average molecular weight is 707 g/mol. The molecule has 0 radical (unpaired) electrons. The number of hydrogen-bond donors (Lipinski definition) is 4. The van der Waals surface area contributed by atoms with Gasteiger partial charge in [0.15, 0.2) is 5.78 Å². The number of hydrogen-bond acceptors (Lipinski definition) is 10. The predicted octanol–water partition coefficient (Wildman–Crippen LogP) is 3.38. The van der Waals surface area contributed by atoms with Crippen LogP contribution >= 0.6 is 0 Å². The van der Waals surface area contributed by atoms with Crippen molar-refractivity contribution in [3.05, 3.63) is 0 Å². The Morgan fingerprint density at radius 1 is 0.800 bits per heavy atom. The van der Waals surface area contributed by atoms with Gasteiger partial charge in [0.25, 0.3) is 0 Å². The summed E-state index contributed by atoms with van der Waals surface area (Å²) < 4.78 is 0. The van der Waals surface area contributed by atoms with Crippen LogP contribution in [0.5, 0.6) is 0 Å². The highest BCUT2D eigenvalue weighted by molar-refractivity contribution is 5.93. The van der Waals surface area contributed by atoms with Crippen LogP contribution < -0.4 is 22.9 Å². The fourth-order valence-electron chi connectivity index (χ4n) is 7.73. The van der Waals surface area contributed by atoms with E-state index < -0.39 is 11.5 Å². The molecule has 0 spiro atoms. The van der Waals surface area contributed by atoms with Crippen LogP contribution in [0.4, 0.5) is 4.79 Å². The largest absolute Gasteiger partial charge is 0.373 e. The number of carbonyl (C=O) groups is 5. The van der Waals surface area contributed by atoms with Gasteiger partial charge in [0.2, 0.25) is 11.8 Å². The van der Waals surface area contributed by atoms with Crippen LogP contribution in [-0.2, 0) is 24.0 Å². The van der Waals surface area contributed by atoms with E-state index in [9.17, 15) is 24.0 Å². The van der Waals surface area contributed by atoms with E-state index in [4.69, 9.17) is 17.6 Å². The number of Topliss-reactive ketones (excluding diaryl/α,β-unsaturated/α-hetero) is 1. The molecule has 0 heterocycles. The number of rotatable bonds is 16. The Morgan fingerprint density at radius 2 is 1.42 bits per heavy atom. The average Bonchev–Trinajstić information content (AvgIpc) is 3.10. The number of nitrogens with two attached hydrogens (primary N) is 3. The van der Waals surface area contributed by atoms with Gasteiger partial charge in [0.1, 0.15) is 0 Å². The summed E-state index contributed by atoms with van der Waals surface area (Å²) in [6.45, 7) is 9.99. The molecule has 3 saturated carbocycles. The number of hydrazine groups is 2. The third-order valence-electron chi connectivity index (χ3n) is 11.2. The lowest BCUT2D eigenvalue weighted by molar-refractivity contribution is -0.148. The second kappa shape index (κ2) is 19.7. The Kier molecular flexibility index (Phi) is 16.4. The first kappa shape index (κ1) is 41.6. The normalized spacial score (nSPS) is 23.2. The molecule has 0 aliphatic heterocycles. The molecule has 50 heavy (non-hydrogen) atoms. The molecule has 14 nitrogen and oxygen atoms in total. The Labute approximate surface area is 299 Å². The van der Waals surface area contributed by atoms with Crippen molar-refractivity contribution >= 4 is 29.6 Å². The van der Waals surface area contributed by atoms with E-state index >= 15 is 0 Å². The van der Waals surface area contributed by atoms with Gasteiger partial charge in [-0.05, 0) is 83.5 Å². The summed E-state index contributed by atoms with van der Waals surface area (Å²) in [6, 6.07) is -0.458. The molecule has 2 unspecified atom stereocenters. The Balaban J connectivity index is 1.60. The fraction of sp³-hybridized carbons (Fsp3) is 0.861. The molecule has 14 heteroatoms. The highest BCUT2D eigenvalue weighted by Crippen LogP contribution is 2.29. The third kappa shape index (κ3) is 12.2. The second-order valence-corrected chi connectivity index (χ2v) is 16.0. The molecule has 0 saturated heterocycles. The predicted molar refractivity (Wildman–Crippen MR) is 191 cm³/mol. The van der Waals surface area contributed by atoms with E-state index in [1.54, 1.807) is 4.90 Å². The third-order valence-corrected chi connectivity index (χ3v) is 11.2. The Bertz CT molecular complexity index is 1140. The summed E-state index contributed by atoms with van der Waals surface area (Å²) in [5, 5.41) is 6.15. The molecule has 0 bridgehead atoms. The molecule has 4 amide bonds. The van der Waals surface area contributed by atoms with Crippen LogP contribution in [0.3, 0.4) is 0 Å². The van der Waals surface area contributed by atoms with E-state index in [1.165, 1.54) is 14.9 Å². The van der Waals surface area contributed by atoms with Crippen molar-refractivity contribution in [2.75, 3.05) is 26.2 Å². The van der Waals surface area contributed by atoms with Crippen LogP contribution in [-0.4, -0.2) is 99.3 Å². The highest BCUT2D eigenvalue weighted by atomic mass is 16.7. The van der Waals surface area contributed by atoms with E-state index in [1.807, 2.05) is 13.8 Å². The van der Waals surface area contributed by atoms with Gasteiger partial charge in [0.05, 0.1) is 37.1 Å². The summed E-state index contributed by atoms with van der Waals surface area (Å²) >= 11 is 0. The number of carbonyl (C=O) groups excluding carboxylic acids is 5. The standard InChI is InChI=1S/C36H66N8O6/c1-25(2)19-21-41(32(46)24-42(22-20-33(47)50-39)34(48)27-12-7-6-8-13-27)23-31(45)36(4,5)40-28-15-17-29(18-16-28)43(37)35(49)44(38)30-14-10-9-11-26(30)3/h25-30,40H,6-24,37-39H2,1-5H3. The second-order valence-electron chi connectivity index (χ2n) is 16.0. The van der Waals surface area contributed by atoms with Gasteiger partial charge in [0, 0.05) is 25.0 Å². The lowest BCUT2D eigenvalue weighted by atomic mass is 9.85. The maximum absolute atomic E-state index is 13.8. The molecule has 0 aromatic carbocycles. The summed E-state index contributed by atoms with van der Waals surface area (Å²) in [4.78, 5) is 73.4. The number of nitrogens with one attached hydrogen (secondary N) is 1. The van der Waals surface area contributed by atoms with Crippen molar-refractivity contribution in [2.24, 2.45) is 35.3 Å². The van der Waals surface area contributed by atoms with Gasteiger partial charge in [-0.25, -0.2) is 16.5 Å². The van der Waals surface area contributed by atoms with Crippen molar-refractivity contribution in [2.45, 2.75) is 155 Å². The van der Waals surface area contributed by atoms with Gasteiger partial charge in [-0.2, -0.15) is 5.90 Å². The monoisotopic (exact) mass is 707 g/mol. The molecule has 3 aliphatic carbocycles. The summed E-state index contributed by atoms with van der Waals surface area (Å²) in [6.07, 6.45) is 12.1. The molecule has 0 aromatic heterocycles. The number of ketones is 1. The SMILES string of the molecule is CC(C)CCN(CC(=O)C(C)(C)NC1CCC(N(N)C(=O)N(N)C2CCCCC2C)CC1)C(=O)CN(CCC(=O)ON)C(=O)C1CCCCC1. The smallest absolute Gasteiger partial charge is 0.348 e. The first-order chi connectivity index (χ1) is 23.6. The van der Waals surface area contributed by atoms with E-state index in [-0.39, 0.29) is 73.7 Å². The Morgan fingerprint density at radius 3 is 2.02 bits per heavy atom. The first-order valence-electron chi connectivity index (χ1n) is 19.0. The van der Waals surface area contributed by atoms with Gasteiger partial charge in [-0.15, -0.1) is 0 Å². The van der Waals surface area contributed by atoms with E-state index in [2.05, 4.69) is 30.9 Å². The maximum Gasteiger partial charge on any atom is 0.348 e. The molecule has 286 valence electrons. The number of amides is 4. The molecule has 0 aromatic rings. The van der Waals surface area contributed by atoms with Crippen molar-refractivity contribution in [3.8, 4) is 0 Å². The van der Waals surface area contributed by atoms with Crippen LogP contribution in [0.25, 0.3) is 0 Å². The van der Waals surface area contributed by atoms with E-state index in [0.717, 1.165) is 70.6 Å². The molecule has 2 atom stereocenters. The van der Waals surface area contributed by atoms with Crippen molar-refractivity contribution in [3.63, 3.8) is 0 Å². The lowest BCUT2D eigenvalue weighted by Crippen LogP contribution is -2.60. The lowest BCUT2D eigenvalue weighted by Gasteiger charge is -2.41. The fourth-order valence-corrected chi connectivity index (χ4v) is 7.73. The Hall–Kier alpha value is -2.81. The summed E-state index contributed by atoms with van der Waals surface area (Å²) in [5.74, 6) is 16.8. The quantitative estimate of drug-likeness (QED) is 0.105. The molecular weight excluding hydrogens is 640 g/mol. The van der Waals surface area contributed by atoms with Crippen molar-refractivity contribution < 1.29 is 28.8 Å². The molecular formula is C36H66N8O6. The minimum absolute atomic E-state index is 0.00508. The topological polar surface area (TPSA) is 198 Å². The number of urea groups is 1. The van der Waals surface area contributed by atoms with Gasteiger partial charge in [-0.3, -0.25) is 29.2 Å². The molecule has 7 N–H and O–H groups in total. The zero-order chi connectivity index (χ0) is 37.0. The molecule has 3 fully saturated rings. The van der Waals surface area contributed by atoms with Crippen LogP contribution in [0.2, 0.25) is 0 Å². The van der Waals surface area contributed by atoms with Gasteiger partial charge >= 0.3 is 12.0 Å². The van der Waals surface area contributed by atoms with Crippen molar-refractivity contribution in [1.82, 2.24) is 25.1 Å². The summed E-state index contributed by atoms with van der Waals surface area (Å²) in [5.41, 5.74) is -0.931. The minimum atomic E-state index is -0.931. The van der Waals surface area contributed by atoms with Gasteiger partial charge in [-0.1, -0.05) is 52.9 Å². The van der Waals surface area contributed by atoms with Crippen LogP contribution in [0.1, 0.15) is 131 Å². The number of nitrogens with zero attached hydrogens (tertiary/aromatic N) is 4. The minimum Gasteiger partial charge on any atom is -0.373 e. The molecule has 3 aliphatic rings. The first-order valence-corrected chi connectivity index (χ1v) is 19.0. The van der Waals surface area contributed by atoms with Crippen molar-refractivity contribution in [1.29, 1.82) is 0 Å². The molecule has 3 rings (SSSR count). The zero-order valence-corrected chi connectivity index (χ0v) is 31.4. The summed E-state index contributed by atoms with van der Waals surface area (Å²) in [7, 11) is 0. The maximum atomic E-state index is 13.8. The highest BCUT2D eigenvalue weighted by Gasteiger charge is 2.38.